The van der Waals surface area contributed by atoms with Crippen LogP contribution in [0.3, 0.4) is 0 Å². The second kappa shape index (κ2) is 4.94. The molecular formula is C15H9AgO2. The van der Waals surface area contributed by atoms with Crippen molar-refractivity contribution >= 4 is 27.5 Å². The Morgan fingerprint density at radius 2 is 1.28 bits per heavy atom. The Bertz CT molecular complexity index is 681. The third kappa shape index (κ3) is 1.95. The number of carbonyl (C=O) groups is 1. The van der Waals surface area contributed by atoms with E-state index < -0.39 is 5.97 Å². The van der Waals surface area contributed by atoms with E-state index in [0.29, 0.717) is 0 Å². The van der Waals surface area contributed by atoms with Crippen molar-refractivity contribution in [3.8, 4) is 0 Å². The van der Waals surface area contributed by atoms with E-state index in [1.807, 2.05) is 54.6 Å². The molecule has 0 saturated carbocycles. The van der Waals surface area contributed by atoms with Gasteiger partial charge in [-0.05, 0) is 27.6 Å². The molecule has 0 aliphatic heterocycles. The van der Waals surface area contributed by atoms with Gasteiger partial charge in [-0.2, -0.15) is 0 Å². The van der Waals surface area contributed by atoms with Crippen molar-refractivity contribution in [3.63, 3.8) is 0 Å². The molecule has 18 heavy (non-hydrogen) atoms. The normalized spacial score (nSPS) is 10.2. The van der Waals surface area contributed by atoms with Crippen LogP contribution in [0.5, 0.6) is 0 Å². The molecule has 0 saturated heterocycles. The smallest absolute Gasteiger partial charge is 0.545 e. The number of carbonyl (C=O) groups excluding carboxylic acids is 1. The van der Waals surface area contributed by atoms with Crippen molar-refractivity contribution in [1.29, 1.82) is 0 Å². The van der Waals surface area contributed by atoms with Crippen LogP contribution in [0, 0.1) is 0 Å². The maximum absolute atomic E-state index is 11.3. The summed E-state index contributed by atoms with van der Waals surface area (Å²) in [5.74, 6) is -1.13. The van der Waals surface area contributed by atoms with Gasteiger partial charge in [0.05, 0.1) is 5.97 Å². The van der Waals surface area contributed by atoms with E-state index in [-0.39, 0.29) is 27.9 Å². The molecule has 0 amide bonds. The Kier molecular flexibility index (Phi) is 3.53. The second-order valence-corrected chi connectivity index (χ2v) is 3.98. The second-order valence-electron chi connectivity index (χ2n) is 3.98. The Hall–Kier alpha value is -1.61. The fourth-order valence-corrected chi connectivity index (χ4v) is 2.23. The van der Waals surface area contributed by atoms with Gasteiger partial charge in [-0.3, -0.25) is 0 Å². The molecule has 0 spiro atoms. The van der Waals surface area contributed by atoms with Crippen molar-refractivity contribution < 1.29 is 32.3 Å². The van der Waals surface area contributed by atoms with Crippen LogP contribution in [0.1, 0.15) is 10.4 Å². The average molecular weight is 329 g/mol. The third-order valence-electron chi connectivity index (χ3n) is 2.98. The zero-order valence-corrected chi connectivity index (χ0v) is 10.8. The third-order valence-corrected chi connectivity index (χ3v) is 2.98. The van der Waals surface area contributed by atoms with E-state index in [4.69, 9.17) is 0 Å². The topological polar surface area (TPSA) is 40.1 Å². The molecule has 0 bridgehead atoms. The molecule has 0 aliphatic carbocycles. The molecule has 0 aromatic heterocycles. The van der Waals surface area contributed by atoms with Crippen LogP contribution in [0.4, 0.5) is 0 Å². The fraction of sp³-hybridized carbons (Fsp3) is 0. The molecule has 0 aliphatic rings. The SMILES string of the molecule is O=C([O-])c1c2ccccc2cc2ccccc12.[Ag+]. The molecule has 0 atom stereocenters. The molecule has 3 heteroatoms. The average Bonchev–Trinajstić information content (AvgIpc) is 2.35. The molecular weight excluding hydrogens is 320 g/mol. The van der Waals surface area contributed by atoms with Gasteiger partial charge in [0.15, 0.2) is 0 Å². The number of hydrogen-bond acceptors (Lipinski definition) is 2. The van der Waals surface area contributed by atoms with Gasteiger partial charge < -0.3 is 9.90 Å². The summed E-state index contributed by atoms with van der Waals surface area (Å²) >= 11 is 0. The van der Waals surface area contributed by atoms with Crippen LogP contribution in [-0.4, -0.2) is 5.97 Å². The van der Waals surface area contributed by atoms with E-state index in [9.17, 15) is 9.90 Å². The molecule has 0 heterocycles. The van der Waals surface area contributed by atoms with Gasteiger partial charge in [0.2, 0.25) is 0 Å². The van der Waals surface area contributed by atoms with E-state index in [0.717, 1.165) is 21.5 Å². The van der Waals surface area contributed by atoms with Crippen LogP contribution >= 0.6 is 0 Å². The summed E-state index contributed by atoms with van der Waals surface area (Å²) in [4.78, 5) is 11.3. The molecule has 3 aromatic carbocycles. The summed E-state index contributed by atoms with van der Waals surface area (Å²) in [7, 11) is 0. The van der Waals surface area contributed by atoms with Gasteiger partial charge in [-0.1, -0.05) is 48.5 Å². The zero-order chi connectivity index (χ0) is 11.8. The van der Waals surface area contributed by atoms with Gasteiger partial charge in [0.1, 0.15) is 0 Å². The number of carboxylic acid groups (broad SMARTS) is 1. The van der Waals surface area contributed by atoms with Crippen molar-refractivity contribution in [1.82, 2.24) is 0 Å². The summed E-state index contributed by atoms with van der Waals surface area (Å²) in [6, 6.07) is 16.9. The quantitative estimate of drug-likeness (QED) is 0.508. The fourth-order valence-electron chi connectivity index (χ4n) is 2.23. The molecule has 92 valence electrons. The molecule has 3 aromatic rings. The Balaban J connectivity index is 0.00000120. The van der Waals surface area contributed by atoms with Crippen LogP contribution in [0.15, 0.2) is 54.6 Å². The predicted octanol–water partition coefficient (Wildman–Crippen LogP) is 2.35. The molecule has 0 fully saturated rings. The van der Waals surface area contributed by atoms with E-state index in [1.165, 1.54) is 0 Å². The van der Waals surface area contributed by atoms with Crippen molar-refractivity contribution in [2.75, 3.05) is 0 Å². The number of hydrogen-bond donors (Lipinski definition) is 0. The van der Waals surface area contributed by atoms with Gasteiger partial charge >= 0.3 is 22.4 Å². The number of carboxylic acids is 1. The Morgan fingerprint density at radius 1 is 0.833 bits per heavy atom. The summed E-state index contributed by atoms with van der Waals surface area (Å²) in [5.41, 5.74) is 0.277. The van der Waals surface area contributed by atoms with E-state index in [2.05, 4.69) is 0 Å². The summed E-state index contributed by atoms with van der Waals surface area (Å²) < 4.78 is 0. The molecule has 0 radical (unpaired) electrons. The minimum atomic E-state index is -1.13. The predicted molar refractivity (Wildman–Crippen MR) is 65.8 cm³/mol. The molecule has 0 N–H and O–H groups in total. The zero-order valence-electron chi connectivity index (χ0n) is 9.31. The van der Waals surface area contributed by atoms with Crippen LogP contribution < -0.4 is 5.11 Å². The number of fused-ring (bicyclic) bond motifs is 2. The van der Waals surface area contributed by atoms with Gasteiger partial charge in [0, 0.05) is 5.56 Å². The number of rotatable bonds is 1. The molecule has 0 unspecified atom stereocenters. The summed E-state index contributed by atoms with van der Waals surface area (Å²) in [6.07, 6.45) is 0. The maximum atomic E-state index is 11.3. The Labute approximate surface area is 120 Å². The molecule has 2 nitrogen and oxygen atoms in total. The number of benzene rings is 3. The first-order chi connectivity index (χ1) is 8.27. The van der Waals surface area contributed by atoms with Crippen LogP contribution in [0.25, 0.3) is 21.5 Å². The summed E-state index contributed by atoms with van der Waals surface area (Å²) in [6.45, 7) is 0. The standard InChI is InChI=1S/C15H10O2.Ag/c16-15(17)14-12-7-3-1-5-10(12)9-11-6-2-4-8-13(11)14;/h1-9H,(H,16,17);/q;+1/p-1. The van der Waals surface area contributed by atoms with Crippen molar-refractivity contribution in [2.45, 2.75) is 0 Å². The minimum absolute atomic E-state index is 0. The van der Waals surface area contributed by atoms with E-state index in [1.54, 1.807) is 0 Å². The first-order valence-electron chi connectivity index (χ1n) is 5.39. The number of aromatic carboxylic acids is 1. The first kappa shape index (κ1) is 12.8. The van der Waals surface area contributed by atoms with Crippen molar-refractivity contribution in [2.24, 2.45) is 0 Å². The summed E-state index contributed by atoms with van der Waals surface area (Å²) in [5, 5.41) is 14.6. The van der Waals surface area contributed by atoms with Crippen LogP contribution in [0.2, 0.25) is 0 Å². The maximum Gasteiger partial charge on any atom is 1.00 e. The largest absolute Gasteiger partial charge is 1.00 e. The van der Waals surface area contributed by atoms with Gasteiger partial charge in [0.25, 0.3) is 0 Å². The minimum Gasteiger partial charge on any atom is -0.545 e. The Morgan fingerprint density at radius 3 is 1.72 bits per heavy atom. The van der Waals surface area contributed by atoms with Gasteiger partial charge in [-0.25, -0.2) is 0 Å². The first-order valence-corrected chi connectivity index (χ1v) is 5.39. The van der Waals surface area contributed by atoms with Crippen LogP contribution in [-0.2, 0) is 22.4 Å². The molecule has 3 rings (SSSR count). The van der Waals surface area contributed by atoms with Crippen molar-refractivity contribution in [3.05, 3.63) is 60.2 Å². The van der Waals surface area contributed by atoms with E-state index >= 15 is 0 Å². The monoisotopic (exact) mass is 328 g/mol. The van der Waals surface area contributed by atoms with Gasteiger partial charge in [-0.15, -0.1) is 0 Å².